The van der Waals surface area contributed by atoms with E-state index in [1.54, 1.807) is 0 Å². The Morgan fingerprint density at radius 3 is 2.55 bits per heavy atom. The van der Waals surface area contributed by atoms with Gasteiger partial charge in [0.25, 0.3) is 0 Å². The molecule has 7 heteroatoms. The van der Waals surface area contributed by atoms with Gasteiger partial charge in [-0.05, 0) is 25.7 Å². The van der Waals surface area contributed by atoms with Gasteiger partial charge in [0.1, 0.15) is 0 Å². The van der Waals surface area contributed by atoms with Gasteiger partial charge >= 0.3 is 6.03 Å². The molecule has 1 aromatic rings. The first-order valence-corrected chi connectivity index (χ1v) is 8.27. The Balaban J connectivity index is 1.29. The van der Waals surface area contributed by atoms with E-state index in [4.69, 9.17) is 4.52 Å². The summed E-state index contributed by atoms with van der Waals surface area (Å²) in [5.41, 5.74) is 0. The van der Waals surface area contributed by atoms with E-state index in [2.05, 4.69) is 15.0 Å². The monoisotopic (exact) mass is 305 g/mol. The number of amides is 2. The van der Waals surface area contributed by atoms with E-state index < -0.39 is 0 Å². The van der Waals surface area contributed by atoms with Crippen molar-refractivity contribution in [3.8, 4) is 0 Å². The zero-order valence-corrected chi connectivity index (χ0v) is 13.1. The highest BCUT2D eigenvalue weighted by Crippen LogP contribution is 2.38. The van der Waals surface area contributed by atoms with Crippen molar-refractivity contribution in [1.82, 2.24) is 24.8 Å². The number of hydrogen-bond donors (Lipinski definition) is 0. The molecule has 0 radical (unpaired) electrons. The molecular formula is C15H23N5O2. The second kappa shape index (κ2) is 5.53. The number of hydrogen-bond acceptors (Lipinski definition) is 5. The lowest BCUT2D eigenvalue weighted by Gasteiger charge is -2.35. The van der Waals surface area contributed by atoms with Crippen LogP contribution < -0.4 is 0 Å². The van der Waals surface area contributed by atoms with Gasteiger partial charge in [0.05, 0.1) is 6.54 Å². The van der Waals surface area contributed by atoms with E-state index >= 15 is 0 Å². The van der Waals surface area contributed by atoms with Gasteiger partial charge < -0.3 is 14.3 Å². The van der Waals surface area contributed by atoms with Crippen LogP contribution in [-0.2, 0) is 6.54 Å². The Morgan fingerprint density at radius 2 is 1.91 bits per heavy atom. The minimum atomic E-state index is 0.186. The zero-order chi connectivity index (χ0) is 15.1. The molecule has 4 rings (SSSR count). The molecular weight excluding hydrogens is 282 g/mol. The lowest BCUT2D eigenvalue weighted by Crippen LogP contribution is -2.46. The molecule has 0 unspecified atom stereocenters. The van der Waals surface area contributed by atoms with E-state index in [1.165, 1.54) is 12.8 Å². The van der Waals surface area contributed by atoms with Gasteiger partial charge in [-0.25, -0.2) is 4.79 Å². The fourth-order valence-corrected chi connectivity index (χ4v) is 3.42. The van der Waals surface area contributed by atoms with Crippen LogP contribution in [0.2, 0.25) is 0 Å². The summed E-state index contributed by atoms with van der Waals surface area (Å²) in [5.74, 6) is 2.14. The van der Waals surface area contributed by atoms with Gasteiger partial charge in [-0.3, -0.25) is 4.90 Å². The molecule has 0 bridgehead atoms. The highest BCUT2D eigenvalue weighted by atomic mass is 16.5. The molecule has 2 amide bonds. The Morgan fingerprint density at radius 1 is 1.14 bits per heavy atom. The summed E-state index contributed by atoms with van der Waals surface area (Å²) in [6.07, 6.45) is 4.44. The topological polar surface area (TPSA) is 65.7 Å². The second-order valence-corrected chi connectivity index (χ2v) is 6.73. The molecule has 1 aliphatic carbocycles. The van der Waals surface area contributed by atoms with Crippen LogP contribution in [0.1, 0.15) is 43.3 Å². The number of nitrogens with zero attached hydrogens (tertiary/aromatic N) is 5. The zero-order valence-electron chi connectivity index (χ0n) is 13.1. The van der Waals surface area contributed by atoms with Crippen molar-refractivity contribution < 1.29 is 9.32 Å². The Bertz CT molecular complexity index is 548. The molecule has 3 aliphatic rings. The maximum Gasteiger partial charge on any atom is 0.320 e. The molecule has 1 aromatic heterocycles. The normalized spacial score (nSPS) is 24.5. The van der Waals surface area contributed by atoms with E-state index in [1.807, 2.05) is 16.8 Å². The van der Waals surface area contributed by atoms with E-state index in [-0.39, 0.29) is 6.03 Å². The Kier molecular flexibility index (Phi) is 3.52. The molecule has 7 nitrogen and oxygen atoms in total. The molecule has 0 N–H and O–H groups in total. The van der Waals surface area contributed by atoms with Crippen LogP contribution in [0.25, 0.3) is 0 Å². The summed E-state index contributed by atoms with van der Waals surface area (Å²) in [6, 6.07) is 0.576. The third kappa shape index (κ3) is 2.69. The predicted molar refractivity (Wildman–Crippen MR) is 79.3 cm³/mol. The molecule has 0 aromatic carbocycles. The fourth-order valence-electron chi connectivity index (χ4n) is 3.42. The number of urea groups is 1. The summed E-state index contributed by atoms with van der Waals surface area (Å²) in [5, 5.41) is 4.09. The second-order valence-electron chi connectivity index (χ2n) is 6.73. The molecule has 0 atom stereocenters. The van der Waals surface area contributed by atoms with Gasteiger partial charge in [-0.1, -0.05) is 5.16 Å². The summed E-state index contributed by atoms with van der Waals surface area (Å²) >= 11 is 0. The highest BCUT2D eigenvalue weighted by Gasteiger charge is 2.34. The fraction of sp³-hybridized carbons (Fsp3) is 0.800. The minimum Gasteiger partial charge on any atom is -0.339 e. The average molecular weight is 305 g/mol. The first-order chi connectivity index (χ1) is 10.7. The number of likely N-dealkylation sites (N-methyl/N-ethyl adjacent to an activating group) is 1. The van der Waals surface area contributed by atoms with E-state index in [9.17, 15) is 4.79 Å². The SMILES string of the molecule is CN1CCN(C2CCN(Cc3noc(C4CC4)n3)CC2)C1=O. The quantitative estimate of drug-likeness (QED) is 0.838. The summed E-state index contributed by atoms with van der Waals surface area (Å²) in [7, 11) is 1.88. The molecule has 3 fully saturated rings. The van der Waals surface area contributed by atoms with Crippen molar-refractivity contribution in [2.24, 2.45) is 0 Å². The van der Waals surface area contributed by atoms with Crippen LogP contribution in [0.15, 0.2) is 4.52 Å². The van der Waals surface area contributed by atoms with Gasteiger partial charge in [0, 0.05) is 45.2 Å². The molecule has 0 spiro atoms. The highest BCUT2D eigenvalue weighted by molar-refractivity contribution is 5.76. The first kappa shape index (κ1) is 14.0. The van der Waals surface area contributed by atoms with Crippen LogP contribution >= 0.6 is 0 Å². The van der Waals surface area contributed by atoms with Crippen LogP contribution in [-0.4, -0.2) is 70.1 Å². The maximum absolute atomic E-state index is 12.1. The molecule has 22 heavy (non-hydrogen) atoms. The maximum atomic E-state index is 12.1. The molecule has 3 heterocycles. The largest absolute Gasteiger partial charge is 0.339 e. The summed E-state index contributed by atoms with van der Waals surface area (Å²) < 4.78 is 5.31. The van der Waals surface area contributed by atoms with Crippen LogP contribution in [0.4, 0.5) is 4.79 Å². The van der Waals surface area contributed by atoms with Gasteiger partial charge in [0.15, 0.2) is 5.82 Å². The Hall–Kier alpha value is -1.63. The van der Waals surface area contributed by atoms with Gasteiger partial charge in [-0.15, -0.1) is 0 Å². The summed E-state index contributed by atoms with van der Waals surface area (Å²) in [6.45, 7) is 4.47. The van der Waals surface area contributed by atoms with Crippen LogP contribution in [0, 0.1) is 0 Å². The number of carbonyl (C=O) groups excluding carboxylic acids is 1. The minimum absolute atomic E-state index is 0.186. The number of carbonyl (C=O) groups is 1. The van der Waals surface area contributed by atoms with E-state index in [0.717, 1.165) is 57.3 Å². The molecule has 120 valence electrons. The van der Waals surface area contributed by atoms with Gasteiger partial charge in [-0.2, -0.15) is 4.98 Å². The smallest absolute Gasteiger partial charge is 0.320 e. The average Bonchev–Trinajstić information content (AvgIpc) is 3.20. The van der Waals surface area contributed by atoms with Crippen molar-refractivity contribution in [2.75, 3.05) is 33.2 Å². The lowest BCUT2D eigenvalue weighted by molar-refractivity contribution is 0.125. The molecule has 2 saturated heterocycles. The van der Waals surface area contributed by atoms with Crippen molar-refractivity contribution in [3.63, 3.8) is 0 Å². The first-order valence-electron chi connectivity index (χ1n) is 8.27. The third-order valence-corrected chi connectivity index (χ3v) is 5.02. The number of likely N-dealkylation sites (tertiary alicyclic amines) is 1. The van der Waals surface area contributed by atoms with Gasteiger partial charge in [0.2, 0.25) is 5.89 Å². The Labute approximate surface area is 130 Å². The molecule has 1 saturated carbocycles. The van der Waals surface area contributed by atoms with Crippen molar-refractivity contribution in [3.05, 3.63) is 11.7 Å². The molecule has 2 aliphatic heterocycles. The van der Waals surface area contributed by atoms with Crippen molar-refractivity contribution >= 4 is 6.03 Å². The summed E-state index contributed by atoms with van der Waals surface area (Å²) in [4.78, 5) is 22.8. The third-order valence-electron chi connectivity index (χ3n) is 5.02. The van der Waals surface area contributed by atoms with Crippen LogP contribution in [0.3, 0.4) is 0 Å². The number of aromatic nitrogens is 2. The van der Waals surface area contributed by atoms with E-state index in [0.29, 0.717) is 12.0 Å². The van der Waals surface area contributed by atoms with Crippen molar-refractivity contribution in [2.45, 2.75) is 44.2 Å². The lowest BCUT2D eigenvalue weighted by atomic mass is 10.0. The van der Waals surface area contributed by atoms with Crippen molar-refractivity contribution in [1.29, 1.82) is 0 Å². The predicted octanol–water partition coefficient (Wildman–Crippen LogP) is 1.28. The number of rotatable bonds is 4. The van der Waals surface area contributed by atoms with Crippen LogP contribution in [0.5, 0.6) is 0 Å². The number of piperidine rings is 1. The standard InChI is InChI=1S/C15H23N5O2/c1-18-8-9-20(15(18)21)12-4-6-19(7-5-12)10-13-16-14(22-17-13)11-2-3-11/h11-12H,2-10H2,1H3.